The summed E-state index contributed by atoms with van der Waals surface area (Å²) < 4.78 is 13.7. The molecule has 0 fully saturated rings. The molecule has 1 aromatic heterocycles. The molecular weight excluding hydrogens is 464 g/mol. The van der Waals surface area contributed by atoms with Crippen LogP contribution in [-0.4, -0.2) is 23.3 Å². The number of amides is 2. The summed E-state index contributed by atoms with van der Waals surface area (Å²) in [4.78, 5) is 28.9. The Labute approximate surface area is 202 Å². The molecule has 0 saturated carbocycles. The van der Waals surface area contributed by atoms with Crippen molar-refractivity contribution < 1.29 is 14.0 Å². The van der Waals surface area contributed by atoms with Crippen molar-refractivity contribution in [2.45, 2.75) is 32.6 Å². The third-order valence-corrected chi connectivity index (χ3v) is 5.95. The molecule has 0 aliphatic heterocycles. The minimum Gasteiger partial charge on any atom is -0.369 e. The highest BCUT2D eigenvalue weighted by atomic mass is 35.5. The number of carbonyl (C=O) groups is 2. The first-order chi connectivity index (χ1) is 15.7. The van der Waals surface area contributed by atoms with Crippen LogP contribution >= 0.6 is 23.2 Å². The average molecular weight is 488 g/mol. The van der Waals surface area contributed by atoms with Gasteiger partial charge in [-0.1, -0.05) is 36.2 Å². The van der Waals surface area contributed by atoms with E-state index in [1.54, 1.807) is 44.2 Å². The van der Waals surface area contributed by atoms with Crippen LogP contribution in [-0.2, 0) is 16.0 Å². The molecule has 3 rings (SSSR count). The van der Waals surface area contributed by atoms with Crippen molar-refractivity contribution in [1.29, 1.82) is 0 Å². The molecule has 1 unspecified atom stereocenters. The maximum atomic E-state index is 13.7. The average Bonchev–Trinajstić information content (AvgIpc) is 2.75. The number of carbonyl (C=O) groups excluding carboxylic acids is 2. The molecule has 0 spiro atoms. The summed E-state index contributed by atoms with van der Waals surface area (Å²) in [6.07, 6.45) is 0.882. The van der Waals surface area contributed by atoms with Crippen LogP contribution in [0.5, 0.6) is 0 Å². The Balaban J connectivity index is 2.15. The van der Waals surface area contributed by atoms with Crippen molar-refractivity contribution in [2.24, 2.45) is 5.73 Å². The van der Waals surface area contributed by atoms with Crippen LogP contribution in [0.1, 0.15) is 41.6 Å². The summed E-state index contributed by atoms with van der Waals surface area (Å²) in [6, 6.07) is 13.0. The Morgan fingerprint density at radius 1 is 1.12 bits per heavy atom. The molecule has 3 aromatic rings. The Hall–Kier alpha value is -2.96. The van der Waals surface area contributed by atoms with E-state index in [-0.39, 0.29) is 11.7 Å². The predicted molar refractivity (Wildman–Crippen MR) is 129 cm³/mol. The topological polar surface area (TPSA) is 85.1 Å². The fraction of sp³-hybridized carbons (Fsp3) is 0.240. The van der Waals surface area contributed by atoms with Crippen LogP contribution in [0.4, 0.5) is 4.39 Å². The van der Waals surface area contributed by atoms with E-state index in [0.29, 0.717) is 57.5 Å². The monoisotopic (exact) mass is 487 g/mol. The molecule has 8 heteroatoms. The van der Waals surface area contributed by atoms with E-state index in [1.165, 1.54) is 12.1 Å². The van der Waals surface area contributed by atoms with Gasteiger partial charge in [-0.15, -0.1) is 0 Å². The van der Waals surface area contributed by atoms with Gasteiger partial charge in [-0.25, -0.2) is 4.39 Å². The first-order valence-corrected chi connectivity index (χ1v) is 11.2. The highest BCUT2D eigenvalue weighted by Crippen LogP contribution is 2.36. The van der Waals surface area contributed by atoms with Gasteiger partial charge in [-0.2, -0.15) is 0 Å². The van der Waals surface area contributed by atoms with Crippen molar-refractivity contribution in [2.75, 3.05) is 6.54 Å². The van der Waals surface area contributed by atoms with Gasteiger partial charge in [0.25, 0.3) is 0 Å². The van der Waals surface area contributed by atoms with E-state index >= 15 is 0 Å². The van der Waals surface area contributed by atoms with E-state index in [0.717, 1.165) is 5.56 Å². The second kappa shape index (κ2) is 10.8. The number of hydrogen-bond acceptors (Lipinski definition) is 3. The minimum absolute atomic E-state index is 0.0586. The fourth-order valence-corrected chi connectivity index (χ4v) is 4.26. The number of nitrogens with zero attached hydrogens (tertiary/aromatic N) is 1. The van der Waals surface area contributed by atoms with Gasteiger partial charge in [0.2, 0.25) is 11.8 Å². The number of primary amides is 1. The first kappa shape index (κ1) is 24.7. The van der Waals surface area contributed by atoms with Crippen LogP contribution in [0.25, 0.3) is 11.3 Å². The number of halogens is 3. The van der Waals surface area contributed by atoms with E-state index in [1.807, 2.05) is 6.07 Å². The van der Waals surface area contributed by atoms with Crippen molar-refractivity contribution in [1.82, 2.24) is 10.3 Å². The molecule has 2 amide bonds. The molecule has 0 saturated heterocycles. The fourth-order valence-electron chi connectivity index (χ4n) is 3.65. The van der Waals surface area contributed by atoms with Gasteiger partial charge in [-0.05, 0) is 66.9 Å². The number of aromatic nitrogens is 1. The number of aryl methyl sites for hydroxylation is 1. The number of hydrogen-bond donors (Lipinski definition) is 2. The smallest absolute Gasteiger partial charge is 0.231 e. The molecule has 0 aliphatic rings. The largest absolute Gasteiger partial charge is 0.369 e. The lowest BCUT2D eigenvalue weighted by Crippen LogP contribution is -2.25. The summed E-state index contributed by atoms with van der Waals surface area (Å²) in [5.41, 5.74) is 9.31. The first-order valence-electron chi connectivity index (χ1n) is 10.5. The Morgan fingerprint density at radius 3 is 2.42 bits per heavy atom. The normalized spacial score (nSPS) is 11.8. The summed E-state index contributed by atoms with van der Waals surface area (Å²) in [5, 5.41) is 3.44. The Kier molecular flexibility index (Phi) is 8.06. The van der Waals surface area contributed by atoms with Crippen LogP contribution in [0.2, 0.25) is 10.0 Å². The highest BCUT2D eigenvalue weighted by molar-refractivity contribution is 6.36. The van der Waals surface area contributed by atoms with Crippen molar-refractivity contribution >= 4 is 35.0 Å². The lowest BCUT2D eigenvalue weighted by molar-refractivity contribution is -0.121. The molecule has 1 atom stereocenters. The molecule has 172 valence electrons. The number of nitrogens with one attached hydrogen (secondary N) is 1. The minimum atomic E-state index is -0.990. The van der Waals surface area contributed by atoms with Gasteiger partial charge in [0, 0.05) is 34.1 Å². The summed E-state index contributed by atoms with van der Waals surface area (Å²) in [7, 11) is 0. The molecule has 5 nitrogen and oxygen atoms in total. The molecule has 0 aliphatic carbocycles. The van der Waals surface area contributed by atoms with Crippen molar-refractivity contribution in [3.8, 4) is 11.3 Å². The summed E-state index contributed by atoms with van der Waals surface area (Å²) in [6.45, 7) is 3.97. The Morgan fingerprint density at radius 2 is 1.82 bits per heavy atom. The zero-order valence-corrected chi connectivity index (χ0v) is 19.8. The number of benzene rings is 2. The van der Waals surface area contributed by atoms with Gasteiger partial charge in [-0.3, -0.25) is 14.6 Å². The standard InChI is InChI=1S/C25H24Cl2FN3O2/c1-3-22(32)30-10-9-15-12-20(17-8-7-16(28)11-14(17)2)31-21(13-15)24(25(29)33)23-18(26)5-4-6-19(23)27/h4-8,11-13,24H,3,9-10H2,1-2H3,(H2,29,33)(H,30,32). The van der Waals surface area contributed by atoms with Crippen LogP contribution in [0, 0.1) is 12.7 Å². The number of nitrogens with two attached hydrogens (primary N) is 1. The molecule has 2 aromatic carbocycles. The Bertz CT molecular complexity index is 1180. The molecule has 0 radical (unpaired) electrons. The third-order valence-electron chi connectivity index (χ3n) is 5.29. The zero-order valence-electron chi connectivity index (χ0n) is 18.3. The zero-order chi connectivity index (χ0) is 24.1. The van der Waals surface area contributed by atoms with Gasteiger partial charge in [0.15, 0.2) is 0 Å². The summed E-state index contributed by atoms with van der Waals surface area (Å²) in [5.74, 6) is -2.06. The molecule has 33 heavy (non-hydrogen) atoms. The van der Waals surface area contributed by atoms with E-state index < -0.39 is 11.8 Å². The number of pyridine rings is 1. The maximum absolute atomic E-state index is 13.7. The van der Waals surface area contributed by atoms with Gasteiger partial charge >= 0.3 is 0 Å². The highest BCUT2D eigenvalue weighted by Gasteiger charge is 2.27. The second-order valence-electron chi connectivity index (χ2n) is 7.67. The lowest BCUT2D eigenvalue weighted by atomic mass is 9.92. The van der Waals surface area contributed by atoms with Gasteiger partial charge in [0.1, 0.15) is 11.7 Å². The van der Waals surface area contributed by atoms with Crippen LogP contribution < -0.4 is 11.1 Å². The van der Waals surface area contributed by atoms with Gasteiger partial charge < -0.3 is 11.1 Å². The lowest BCUT2D eigenvalue weighted by Gasteiger charge is -2.19. The van der Waals surface area contributed by atoms with Crippen molar-refractivity contribution in [3.63, 3.8) is 0 Å². The SMILES string of the molecule is CCC(=O)NCCc1cc(-c2ccc(F)cc2C)nc(C(C(N)=O)c2c(Cl)cccc2Cl)c1. The van der Waals surface area contributed by atoms with E-state index in [2.05, 4.69) is 5.32 Å². The molecule has 3 N–H and O–H groups in total. The molecule has 0 bridgehead atoms. The van der Waals surface area contributed by atoms with Gasteiger partial charge in [0.05, 0.1) is 11.4 Å². The molecule has 1 heterocycles. The van der Waals surface area contributed by atoms with Crippen LogP contribution in [0.3, 0.4) is 0 Å². The third kappa shape index (κ3) is 5.89. The van der Waals surface area contributed by atoms with E-state index in [9.17, 15) is 14.0 Å². The van der Waals surface area contributed by atoms with Crippen molar-refractivity contribution in [3.05, 3.63) is 86.8 Å². The molecular formula is C25H24Cl2FN3O2. The predicted octanol–water partition coefficient (Wildman–Crippen LogP) is 5.19. The van der Waals surface area contributed by atoms with Crippen LogP contribution in [0.15, 0.2) is 48.5 Å². The maximum Gasteiger partial charge on any atom is 0.231 e. The quantitative estimate of drug-likeness (QED) is 0.458. The second-order valence-corrected chi connectivity index (χ2v) is 8.48. The van der Waals surface area contributed by atoms with E-state index in [4.69, 9.17) is 33.9 Å². The number of rotatable bonds is 8. The summed E-state index contributed by atoms with van der Waals surface area (Å²) >= 11 is 12.8.